The number of benzene rings is 2. The summed E-state index contributed by atoms with van der Waals surface area (Å²) in [6.07, 6.45) is -6.66. The molecule has 10 heteroatoms. The molecule has 0 N–H and O–H groups in total. The SMILES string of the molecule is CN(C(=O)OCc1ccccc1)C(Cc1cc(F)c(C(F)(F)F)c(F)c1)C(=O)OC(C)(C)C. The van der Waals surface area contributed by atoms with Gasteiger partial charge in [0, 0.05) is 13.5 Å². The lowest BCUT2D eigenvalue weighted by Crippen LogP contribution is -2.46. The predicted octanol–water partition coefficient (Wildman–Crippen LogP) is 5.51. The second-order valence-electron chi connectivity index (χ2n) is 8.34. The second kappa shape index (κ2) is 10.2. The smallest absolute Gasteiger partial charge is 0.422 e. The average Bonchev–Trinajstić information content (AvgIpc) is 2.67. The Morgan fingerprint density at radius 2 is 1.52 bits per heavy atom. The molecule has 33 heavy (non-hydrogen) atoms. The minimum absolute atomic E-state index is 0.103. The van der Waals surface area contributed by atoms with Crippen molar-refractivity contribution in [1.82, 2.24) is 4.90 Å². The quantitative estimate of drug-likeness (QED) is 0.411. The van der Waals surface area contributed by atoms with Crippen molar-refractivity contribution < 1.29 is 41.0 Å². The molecule has 5 nitrogen and oxygen atoms in total. The van der Waals surface area contributed by atoms with E-state index in [1.807, 2.05) is 0 Å². The zero-order chi connectivity index (χ0) is 25.0. The Morgan fingerprint density at radius 3 is 2.00 bits per heavy atom. The van der Waals surface area contributed by atoms with E-state index >= 15 is 0 Å². The summed E-state index contributed by atoms with van der Waals surface area (Å²) in [5.74, 6) is -4.56. The van der Waals surface area contributed by atoms with E-state index in [9.17, 15) is 31.5 Å². The molecule has 0 radical (unpaired) electrons. The van der Waals surface area contributed by atoms with Crippen LogP contribution in [0.25, 0.3) is 0 Å². The van der Waals surface area contributed by atoms with Crippen LogP contribution in [0.2, 0.25) is 0 Å². The lowest BCUT2D eigenvalue weighted by atomic mass is 10.0. The van der Waals surface area contributed by atoms with Gasteiger partial charge in [0.15, 0.2) is 0 Å². The van der Waals surface area contributed by atoms with Crippen LogP contribution in [-0.4, -0.2) is 35.7 Å². The third-order valence-corrected chi connectivity index (χ3v) is 4.45. The topological polar surface area (TPSA) is 55.8 Å². The largest absolute Gasteiger partial charge is 0.458 e. The molecule has 1 atom stereocenters. The normalized spacial score (nSPS) is 12.8. The Bertz CT molecular complexity index is 964. The van der Waals surface area contributed by atoms with Gasteiger partial charge in [-0.05, 0) is 44.0 Å². The van der Waals surface area contributed by atoms with E-state index in [4.69, 9.17) is 9.47 Å². The molecule has 0 aliphatic rings. The highest BCUT2D eigenvalue weighted by Crippen LogP contribution is 2.34. The highest BCUT2D eigenvalue weighted by atomic mass is 19.4. The molecule has 0 saturated heterocycles. The maximum absolute atomic E-state index is 14.0. The Balaban J connectivity index is 2.28. The number of carbonyl (C=O) groups is 2. The summed E-state index contributed by atoms with van der Waals surface area (Å²) in [6, 6.07) is 8.23. The first-order valence-electron chi connectivity index (χ1n) is 9.90. The summed E-state index contributed by atoms with van der Waals surface area (Å²) < 4.78 is 77.1. The molecule has 0 aliphatic heterocycles. The highest BCUT2D eigenvalue weighted by molar-refractivity contribution is 5.82. The fourth-order valence-corrected chi connectivity index (χ4v) is 2.93. The molecule has 1 unspecified atom stereocenters. The Labute approximate surface area is 188 Å². The fraction of sp³-hybridized carbons (Fsp3) is 0.391. The lowest BCUT2D eigenvalue weighted by Gasteiger charge is -2.29. The summed E-state index contributed by atoms with van der Waals surface area (Å²) in [4.78, 5) is 26.2. The van der Waals surface area contributed by atoms with Gasteiger partial charge >= 0.3 is 18.2 Å². The Kier molecular flexibility index (Phi) is 8.05. The van der Waals surface area contributed by atoms with E-state index in [2.05, 4.69) is 0 Å². The van der Waals surface area contributed by atoms with E-state index in [1.54, 1.807) is 51.1 Å². The minimum Gasteiger partial charge on any atom is -0.458 e. The molecule has 0 spiro atoms. The van der Waals surface area contributed by atoms with E-state index in [1.165, 1.54) is 7.05 Å². The summed E-state index contributed by atoms with van der Waals surface area (Å²) in [7, 11) is 1.22. The van der Waals surface area contributed by atoms with Crippen molar-refractivity contribution in [2.75, 3.05) is 7.05 Å². The fourth-order valence-electron chi connectivity index (χ4n) is 2.93. The molecule has 0 aliphatic carbocycles. The summed E-state index contributed by atoms with van der Waals surface area (Å²) >= 11 is 0. The van der Waals surface area contributed by atoms with Crippen molar-refractivity contribution in [2.45, 2.75) is 51.6 Å². The van der Waals surface area contributed by atoms with Crippen molar-refractivity contribution in [1.29, 1.82) is 0 Å². The van der Waals surface area contributed by atoms with Crippen molar-refractivity contribution in [3.63, 3.8) is 0 Å². The van der Waals surface area contributed by atoms with Gasteiger partial charge in [0.25, 0.3) is 0 Å². The minimum atomic E-state index is -5.23. The van der Waals surface area contributed by atoms with Crippen molar-refractivity contribution in [2.24, 2.45) is 0 Å². The maximum Gasteiger partial charge on any atom is 0.422 e. The van der Waals surface area contributed by atoms with E-state index in [0.717, 1.165) is 4.90 Å². The van der Waals surface area contributed by atoms with Crippen LogP contribution < -0.4 is 0 Å². The first-order chi connectivity index (χ1) is 15.2. The molecule has 1 amide bonds. The summed E-state index contributed by atoms with van der Waals surface area (Å²) in [6.45, 7) is 4.63. The van der Waals surface area contributed by atoms with Gasteiger partial charge in [0.1, 0.15) is 35.4 Å². The van der Waals surface area contributed by atoms with E-state index in [0.29, 0.717) is 17.7 Å². The number of halogens is 5. The number of amides is 1. The molecule has 2 aromatic rings. The predicted molar refractivity (Wildman–Crippen MR) is 109 cm³/mol. The first-order valence-corrected chi connectivity index (χ1v) is 9.90. The molecule has 2 rings (SSSR count). The highest BCUT2D eigenvalue weighted by Gasteiger charge is 2.39. The van der Waals surface area contributed by atoms with Crippen LogP contribution >= 0.6 is 0 Å². The zero-order valence-corrected chi connectivity index (χ0v) is 18.5. The van der Waals surface area contributed by atoms with Crippen LogP contribution in [0, 0.1) is 11.6 Å². The van der Waals surface area contributed by atoms with Gasteiger partial charge in [-0.2, -0.15) is 13.2 Å². The van der Waals surface area contributed by atoms with Gasteiger partial charge in [-0.3, -0.25) is 4.90 Å². The molecular formula is C23H24F5NO4. The van der Waals surface area contributed by atoms with Gasteiger partial charge in [-0.15, -0.1) is 0 Å². The standard InChI is InChI=1S/C23H24F5NO4/c1-22(2,3)33-20(30)18(29(4)21(31)32-13-14-8-6-5-7-9-14)12-15-10-16(24)19(17(25)11-15)23(26,27)28/h5-11,18H,12-13H2,1-4H3. The number of ether oxygens (including phenoxy) is 2. The van der Waals surface area contributed by atoms with Crippen LogP contribution in [0.5, 0.6) is 0 Å². The maximum atomic E-state index is 14.0. The molecule has 2 aromatic carbocycles. The average molecular weight is 473 g/mol. The number of hydrogen-bond donors (Lipinski definition) is 0. The lowest BCUT2D eigenvalue weighted by molar-refractivity contribution is -0.160. The van der Waals surface area contributed by atoms with Crippen LogP contribution in [0.1, 0.15) is 37.5 Å². The van der Waals surface area contributed by atoms with Crippen LogP contribution in [0.3, 0.4) is 0 Å². The number of carbonyl (C=O) groups excluding carboxylic acids is 2. The Hall–Kier alpha value is -3.17. The van der Waals surface area contributed by atoms with Gasteiger partial charge in [0.05, 0.1) is 0 Å². The second-order valence-corrected chi connectivity index (χ2v) is 8.34. The number of rotatable bonds is 6. The van der Waals surface area contributed by atoms with Gasteiger partial charge in [0.2, 0.25) is 0 Å². The van der Waals surface area contributed by atoms with Gasteiger partial charge in [-0.1, -0.05) is 30.3 Å². The molecule has 0 bridgehead atoms. The van der Waals surface area contributed by atoms with Crippen molar-refractivity contribution >= 4 is 12.1 Å². The van der Waals surface area contributed by atoms with Crippen molar-refractivity contribution in [3.05, 3.63) is 70.8 Å². The monoisotopic (exact) mass is 473 g/mol. The third-order valence-electron chi connectivity index (χ3n) is 4.45. The number of nitrogens with zero attached hydrogens (tertiary/aromatic N) is 1. The van der Waals surface area contributed by atoms with Crippen LogP contribution in [0.15, 0.2) is 42.5 Å². The Morgan fingerprint density at radius 1 is 0.970 bits per heavy atom. The van der Waals surface area contributed by atoms with Crippen molar-refractivity contribution in [3.8, 4) is 0 Å². The molecule has 0 saturated carbocycles. The molecular weight excluding hydrogens is 449 g/mol. The third kappa shape index (κ3) is 7.44. The molecule has 0 heterocycles. The molecule has 0 aromatic heterocycles. The summed E-state index contributed by atoms with van der Waals surface area (Å²) in [5, 5.41) is 0. The van der Waals surface area contributed by atoms with E-state index < -0.39 is 53.5 Å². The van der Waals surface area contributed by atoms with Gasteiger partial charge < -0.3 is 9.47 Å². The van der Waals surface area contributed by atoms with Crippen LogP contribution in [-0.2, 0) is 33.5 Å². The number of likely N-dealkylation sites (N-methyl/N-ethyl adjacent to an activating group) is 1. The van der Waals surface area contributed by atoms with Gasteiger partial charge in [-0.25, -0.2) is 18.4 Å². The number of hydrogen-bond acceptors (Lipinski definition) is 4. The number of alkyl halides is 3. The van der Waals surface area contributed by atoms with E-state index in [-0.39, 0.29) is 12.2 Å². The number of esters is 1. The zero-order valence-electron chi connectivity index (χ0n) is 18.5. The molecule has 0 fully saturated rings. The first kappa shape index (κ1) is 26.1. The van der Waals surface area contributed by atoms with Crippen LogP contribution in [0.4, 0.5) is 26.7 Å². The summed E-state index contributed by atoms with van der Waals surface area (Å²) in [5.41, 5.74) is -2.58. The molecule has 180 valence electrons.